The molecule has 4 aromatic heterocycles. The molecular formula is C53H66N10O7. The van der Waals surface area contributed by atoms with Gasteiger partial charge in [-0.3, -0.25) is 39.1 Å². The molecule has 5 aromatic rings. The first-order valence-corrected chi connectivity index (χ1v) is 25.5. The van der Waals surface area contributed by atoms with Gasteiger partial charge < -0.3 is 28.2 Å². The third kappa shape index (κ3) is 7.86. The number of nitrogens with zero attached hydrogens (tertiary/aromatic N) is 8. The van der Waals surface area contributed by atoms with Gasteiger partial charge in [-0.05, 0) is 101 Å². The molecule has 12 rings (SSSR count). The van der Waals surface area contributed by atoms with Gasteiger partial charge in [0.05, 0.1) is 35.8 Å². The van der Waals surface area contributed by atoms with Gasteiger partial charge in [0.1, 0.15) is 36.3 Å². The number of likely N-dealkylation sites (N-methyl/N-ethyl adjacent to an activating group) is 1. The topological polar surface area (TPSA) is 177 Å². The van der Waals surface area contributed by atoms with E-state index in [9.17, 15) is 9.59 Å². The van der Waals surface area contributed by atoms with Crippen molar-refractivity contribution in [3.05, 3.63) is 78.3 Å². The Bertz CT molecular complexity index is 2810. The normalized spacial score (nSPS) is 28.9. The van der Waals surface area contributed by atoms with E-state index in [0.29, 0.717) is 56.5 Å². The minimum Gasteiger partial charge on any atom is -0.464 e. The number of benzene rings is 1. The number of esters is 1. The number of nitrogens with one attached hydrogen (secondary N) is 2. The van der Waals surface area contributed by atoms with E-state index in [1.165, 1.54) is 24.2 Å². The highest BCUT2D eigenvalue weighted by molar-refractivity contribution is 5.95. The molecule has 1 aromatic carbocycles. The first kappa shape index (κ1) is 45.7. The summed E-state index contributed by atoms with van der Waals surface area (Å²) in [5.74, 6) is -1.24. The van der Waals surface area contributed by atoms with Crippen LogP contribution in [-0.4, -0.2) is 141 Å². The third-order valence-corrected chi connectivity index (χ3v) is 17.0. The van der Waals surface area contributed by atoms with Crippen LogP contribution in [0, 0.1) is 17.3 Å². The standard InChI is InChI=1S/C53H66N10O7/c1-30-42(40-24-68-29-55-40)43(30)48(64)57-45-47(61-26-53(27-61)16-9-18-59(53)5)49-56-39(25-69-49)32-12-15-41-36(20-32)37(21-52(3,4)28-70-51(66)38-11-8-19-62(58-38)50(45)65)46(35-10-7-17-54-44(35)31(2)67-6)63(41)34-22-60(23-34)33-13-14-33/h7,10,12,15,17,20,24-25,29-31,33-34,38,42-43,45,47,58H,8-9,11,13-14,16,18-19,21-23,26-28H2,1-6H3,(H,57,64)/t30-,31-,38-,42-,43+,45-,47-/m0/s1. The first-order valence-electron chi connectivity index (χ1n) is 25.5. The van der Waals surface area contributed by atoms with Gasteiger partial charge in [0.2, 0.25) is 11.8 Å². The van der Waals surface area contributed by atoms with Crippen LogP contribution < -0.4 is 10.7 Å². The van der Waals surface area contributed by atoms with Gasteiger partial charge in [0, 0.05) is 96.9 Å². The van der Waals surface area contributed by atoms with Crippen molar-refractivity contribution in [2.75, 3.05) is 60.0 Å². The second-order valence-electron chi connectivity index (χ2n) is 22.3. The van der Waals surface area contributed by atoms with Crippen molar-refractivity contribution in [1.82, 2.24) is 50.0 Å². The maximum atomic E-state index is 15.3. The number of cyclic esters (lactones) is 1. The number of amides is 2. The van der Waals surface area contributed by atoms with Gasteiger partial charge in [-0.25, -0.2) is 15.4 Å². The van der Waals surface area contributed by atoms with Crippen LogP contribution in [0.1, 0.15) is 113 Å². The highest BCUT2D eigenvalue weighted by atomic mass is 16.5. The van der Waals surface area contributed by atoms with Crippen molar-refractivity contribution in [3.63, 3.8) is 0 Å². The summed E-state index contributed by atoms with van der Waals surface area (Å²) in [6, 6.07) is 9.00. The highest BCUT2D eigenvalue weighted by Gasteiger charge is 2.58. The lowest BCUT2D eigenvalue weighted by Crippen LogP contribution is -2.70. The van der Waals surface area contributed by atoms with Crippen LogP contribution in [-0.2, 0) is 30.3 Å². The summed E-state index contributed by atoms with van der Waals surface area (Å²) < 4.78 is 26.7. The van der Waals surface area contributed by atoms with E-state index in [1.807, 2.05) is 26.1 Å². The zero-order valence-electron chi connectivity index (χ0n) is 41.2. The van der Waals surface area contributed by atoms with E-state index in [2.05, 4.69) is 80.2 Å². The van der Waals surface area contributed by atoms with Gasteiger partial charge in [-0.15, -0.1) is 0 Å². The monoisotopic (exact) mass is 955 g/mol. The Balaban J connectivity index is 1.00. The smallest absolute Gasteiger partial charge is 0.324 e. The number of aromatic nitrogens is 4. The molecule has 370 valence electrons. The Morgan fingerprint density at radius 3 is 2.59 bits per heavy atom. The molecule has 0 unspecified atom stereocenters. The fourth-order valence-corrected chi connectivity index (χ4v) is 12.7. The fourth-order valence-electron chi connectivity index (χ4n) is 12.7. The molecule has 4 saturated heterocycles. The second kappa shape index (κ2) is 17.4. The lowest BCUT2D eigenvalue weighted by atomic mass is 9.84. The fraction of sp³-hybridized carbons (Fsp3) is 0.585. The summed E-state index contributed by atoms with van der Waals surface area (Å²) in [7, 11) is 3.89. The predicted molar refractivity (Wildman–Crippen MR) is 259 cm³/mol. The van der Waals surface area contributed by atoms with E-state index in [1.54, 1.807) is 19.6 Å². The van der Waals surface area contributed by atoms with E-state index in [-0.39, 0.29) is 47.9 Å². The van der Waals surface area contributed by atoms with Gasteiger partial charge in [-0.2, -0.15) is 0 Å². The molecule has 17 nitrogen and oxygen atoms in total. The van der Waals surface area contributed by atoms with Crippen molar-refractivity contribution in [2.24, 2.45) is 17.3 Å². The lowest BCUT2D eigenvalue weighted by Gasteiger charge is -2.55. The largest absolute Gasteiger partial charge is 0.464 e. The summed E-state index contributed by atoms with van der Waals surface area (Å²) >= 11 is 0. The zero-order valence-corrected chi connectivity index (χ0v) is 41.2. The molecule has 6 bridgehead atoms. The summed E-state index contributed by atoms with van der Waals surface area (Å²) in [6.07, 6.45) is 12.5. The van der Waals surface area contributed by atoms with E-state index >= 15 is 4.79 Å². The average Bonchev–Trinajstić information content (AvgIpc) is 3.94. The van der Waals surface area contributed by atoms with Crippen LogP contribution in [0.15, 0.2) is 64.3 Å². The Labute approximate surface area is 408 Å². The van der Waals surface area contributed by atoms with Crippen LogP contribution in [0.2, 0.25) is 0 Å². The number of fused-ring (bicyclic) bond motifs is 6. The Hall–Kier alpha value is -5.46. The Kier molecular flexibility index (Phi) is 11.3. The van der Waals surface area contributed by atoms with Gasteiger partial charge in [0.15, 0.2) is 6.39 Å². The van der Waals surface area contributed by atoms with Crippen LogP contribution in [0.25, 0.3) is 33.4 Å². The molecule has 17 heteroatoms. The molecule has 2 N–H and O–H groups in total. The number of rotatable bonds is 9. The van der Waals surface area contributed by atoms with Gasteiger partial charge >= 0.3 is 5.97 Å². The SMILES string of the molecule is CO[C@@H](C)c1ncccc1-c1c2c3cc(ccc3n1C1CN(C3CC3)C1)-c1coc(n1)[C@@H](N1CC3(CCCN3C)C1)[C@H](NC(=O)[C@@H]1[C@@H](C)[C@H]1c1cocn1)C(=O)N1CCC[C@H](N1)C(=O)OCC(C)(C)C2. The molecule has 0 radical (unpaired) electrons. The maximum Gasteiger partial charge on any atom is 0.324 e. The third-order valence-electron chi connectivity index (χ3n) is 17.0. The zero-order chi connectivity index (χ0) is 48.2. The molecule has 6 fully saturated rings. The molecule has 7 atom stereocenters. The number of ether oxygens (including phenoxy) is 2. The Morgan fingerprint density at radius 1 is 1.01 bits per heavy atom. The number of hydrazine groups is 1. The van der Waals surface area contributed by atoms with Gasteiger partial charge in [0.25, 0.3) is 5.91 Å². The number of hydrogen-bond donors (Lipinski definition) is 2. The lowest BCUT2D eigenvalue weighted by molar-refractivity contribution is -0.157. The van der Waals surface area contributed by atoms with Crippen molar-refractivity contribution in [1.29, 1.82) is 0 Å². The molecule has 70 heavy (non-hydrogen) atoms. The van der Waals surface area contributed by atoms with Crippen molar-refractivity contribution < 1.29 is 32.7 Å². The number of carbonyl (C=O) groups excluding carboxylic acids is 3. The summed E-state index contributed by atoms with van der Waals surface area (Å²) in [6.45, 7) is 13.1. The number of methoxy groups -OCH3 is 1. The molecule has 5 aliphatic heterocycles. The van der Waals surface area contributed by atoms with Crippen LogP contribution in [0.5, 0.6) is 0 Å². The number of carbonyl (C=O) groups is 3. The van der Waals surface area contributed by atoms with Crippen molar-refractivity contribution in [2.45, 2.75) is 120 Å². The first-order chi connectivity index (χ1) is 33.8. The summed E-state index contributed by atoms with van der Waals surface area (Å²) in [4.78, 5) is 66.1. The quantitative estimate of drug-likeness (QED) is 0.163. The number of pyridine rings is 1. The highest BCUT2D eigenvalue weighted by Crippen LogP contribution is 2.54. The Morgan fingerprint density at radius 2 is 1.84 bits per heavy atom. The molecular weight excluding hydrogens is 889 g/mol. The van der Waals surface area contributed by atoms with Crippen LogP contribution >= 0.6 is 0 Å². The molecule has 9 heterocycles. The molecule has 2 amide bonds. The average molecular weight is 955 g/mol. The second-order valence-corrected chi connectivity index (χ2v) is 22.3. The molecule has 2 saturated carbocycles. The molecule has 1 spiro atoms. The maximum absolute atomic E-state index is 15.3. The van der Waals surface area contributed by atoms with Gasteiger partial charge in [-0.1, -0.05) is 26.8 Å². The van der Waals surface area contributed by atoms with E-state index < -0.39 is 35.4 Å². The summed E-state index contributed by atoms with van der Waals surface area (Å²) in [5, 5.41) is 5.86. The van der Waals surface area contributed by atoms with Crippen LogP contribution in [0.3, 0.4) is 0 Å². The minimum absolute atomic E-state index is 0.00753. The van der Waals surface area contributed by atoms with Crippen molar-refractivity contribution in [3.8, 4) is 22.5 Å². The van der Waals surface area contributed by atoms with Crippen LogP contribution in [0.4, 0.5) is 0 Å². The summed E-state index contributed by atoms with van der Waals surface area (Å²) in [5.41, 5.74) is 10.2. The number of likely N-dealkylation sites (tertiary alicyclic amines) is 3. The molecule has 7 aliphatic rings. The van der Waals surface area contributed by atoms with Crippen molar-refractivity contribution >= 4 is 28.7 Å². The number of oxazole rings is 2. The number of hydrogen-bond acceptors (Lipinski definition) is 14. The van der Waals surface area contributed by atoms with E-state index in [0.717, 1.165) is 77.2 Å². The molecule has 2 aliphatic carbocycles. The predicted octanol–water partition coefficient (Wildman–Crippen LogP) is 6.05. The van der Waals surface area contributed by atoms with E-state index in [4.69, 9.17) is 28.3 Å². The minimum atomic E-state index is -1.11.